The normalized spacial score (nSPS) is 11.0. The molecule has 2 aromatic heterocycles. The lowest BCUT2D eigenvalue weighted by atomic mass is 10.0. The SMILES string of the molecule is Cc1cccc(Cl)c1C(=O)n1nc(-c2ccc(C(=O)O)cc2)c2ccc(-c3ccccn3)cc21. The molecular formula is C27H18ClN3O3. The number of aryl methyl sites for hydroxylation is 1. The first-order valence-electron chi connectivity index (χ1n) is 10.5. The smallest absolute Gasteiger partial charge is 0.335 e. The number of carbonyl (C=O) groups is 2. The topological polar surface area (TPSA) is 85.1 Å². The summed E-state index contributed by atoms with van der Waals surface area (Å²) in [6, 6.07) is 23.1. The summed E-state index contributed by atoms with van der Waals surface area (Å²) in [5, 5.41) is 15.0. The van der Waals surface area contributed by atoms with Crippen LogP contribution in [0, 0.1) is 6.92 Å². The molecule has 0 bridgehead atoms. The van der Waals surface area contributed by atoms with Crippen LogP contribution in [0.5, 0.6) is 0 Å². The molecule has 0 aliphatic heterocycles. The van der Waals surface area contributed by atoms with E-state index in [4.69, 9.17) is 11.6 Å². The van der Waals surface area contributed by atoms with Gasteiger partial charge in [-0.2, -0.15) is 9.78 Å². The Hall–Kier alpha value is -4.29. The predicted molar refractivity (Wildman–Crippen MR) is 131 cm³/mol. The Morgan fingerprint density at radius 3 is 2.35 bits per heavy atom. The summed E-state index contributed by atoms with van der Waals surface area (Å²) in [5.41, 5.74) is 4.77. The minimum absolute atomic E-state index is 0.174. The monoisotopic (exact) mass is 467 g/mol. The third-order valence-corrected chi connectivity index (χ3v) is 5.99. The number of carbonyl (C=O) groups excluding carboxylic acids is 1. The number of nitrogens with zero attached hydrogens (tertiary/aromatic N) is 3. The highest BCUT2D eigenvalue weighted by Gasteiger charge is 2.22. The van der Waals surface area contributed by atoms with Crippen molar-refractivity contribution < 1.29 is 14.7 Å². The van der Waals surface area contributed by atoms with Crippen LogP contribution in [-0.4, -0.2) is 31.7 Å². The molecule has 0 radical (unpaired) electrons. The molecule has 3 aromatic carbocycles. The first-order chi connectivity index (χ1) is 16.4. The van der Waals surface area contributed by atoms with Gasteiger partial charge in [0.2, 0.25) is 0 Å². The van der Waals surface area contributed by atoms with E-state index in [0.29, 0.717) is 27.4 Å². The highest BCUT2D eigenvalue weighted by atomic mass is 35.5. The van der Waals surface area contributed by atoms with E-state index in [1.165, 1.54) is 16.8 Å². The van der Waals surface area contributed by atoms with Gasteiger partial charge >= 0.3 is 5.97 Å². The summed E-state index contributed by atoms with van der Waals surface area (Å²) in [7, 11) is 0. The van der Waals surface area contributed by atoms with Gasteiger partial charge in [0, 0.05) is 22.7 Å². The summed E-state index contributed by atoms with van der Waals surface area (Å²) >= 11 is 6.40. The first kappa shape index (κ1) is 21.6. The maximum absolute atomic E-state index is 13.7. The Morgan fingerprint density at radius 2 is 1.68 bits per heavy atom. The third kappa shape index (κ3) is 3.74. The number of aromatic carboxylic acids is 1. The highest BCUT2D eigenvalue weighted by Crippen LogP contribution is 2.32. The van der Waals surface area contributed by atoms with Crippen molar-refractivity contribution in [3.05, 3.63) is 107 Å². The molecule has 6 nitrogen and oxygen atoms in total. The van der Waals surface area contributed by atoms with Crippen LogP contribution in [0.4, 0.5) is 0 Å². The summed E-state index contributed by atoms with van der Waals surface area (Å²) in [6.45, 7) is 1.83. The van der Waals surface area contributed by atoms with Crippen molar-refractivity contribution >= 4 is 34.4 Å². The second kappa shape index (κ2) is 8.57. The fourth-order valence-electron chi connectivity index (χ4n) is 3.96. The van der Waals surface area contributed by atoms with Crippen LogP contribution in [0.1, 0.15) is 26.3 Å². The molecule has 7 heteroatoms. The minimum atomic E-state index is -1.01. The van der Waals surface area contributed by atoms with Gasteiger partial charge in [0.05, 0.1) is 27.4 Å². The van der Waals surface area contributed by atoms with Crippen LogP contribution in [0.3, 0.4) is 0 Å². The minimum Gasteiger partial charge on any atom is -0.478 e. The Labute approximate surface area is 200 Å². The van der Waals surface area contributed by atoms with E-state index >= 15 is 0 Å². The van der Waals surface area contributed by atoms with Crippen molar-refractivity contribution in [2.24, 2.45) is 0 Å². The second-order valence-electron chi connectivity index (χ2n) is 7.83. The van der Waals surface area contributed by atoms with E-state index in [1.807, 2.05) is 49.4 Å². The number of pyridine rings is 1. The first-order valence-corrected chi connectivity index (χ1v) is 10.9. The molecule has 0 saturated heterocycles. The molecule has 0 fully saturated rings. The molecule has 166 valence electrons. The van der Waals surface area contributed by atoms with Crippen molar-refractivity contribution in [3.8, 4) is 22.5 Å². The van der Waals surface area contributed by atoms with Crippen LogP contribution in [0.25, 0.3) is 33.4 Å². The maximum atomic E-state index is 13.7. The molecule has 0 spiro atoms. The molecule has 0 unspecified atom stereocenters. The molecule has 1 N–H and O–H groups in total. The molecule has 5 rings (SSSR count). The maximum Gasteiger partial charge on any atom is 0.335 e. The van der Waals surface area contributed by atoms with Gasteiger partial charge in [-0.15, -0.1) is 0 Å². The quantitative estimate of drug-likeness (QED) is 0.344. The van der Waals surface area contributed by atoms with Gasteiger partial charge in [-0.3, -0.25) is 9.78 Å². The van der Waals surface area contributed by atoms with Gasteiger partial charge in [0.25, 0.3) is 5.91 Å². The van der Waals surface area contributed by atoms with Crippen molar-refractivity contribution in [1.29, 1.82) is 0 Å². The molecule has 0 aliphatic carbocycles. The second-order valence-corrected chi connectivity index (χ2v) is 8.23. The third-order valence-electron chi connectivity index (χ3n) is 5.68. The molecule has 34 heavy (non-hydrogen) atoms. The van der Waals surface area contributed by atoms with Gasteiger partial charge < -0.3 is 5.11 Å². The summed E-state index contributed by atoms with van der Waals surface area (Å²) in [5.74, 6) is -1.36. The fourth-order valence-corrected chi connectivity index (χ4v) is 4.26. The number of carboxylic acid groups (broad SMARTS) is 1. The number of halogens is 1. The van der Waals surface area contributed by atoms with Crippen LogP contribution < -0.4 is 0 Å². The Morgan fingerprint density at radius 1 is 0.912 bits per heavy atom. The van der Waals surface area contributed by atoms with E-state index in [-0.39, 0.29) is 11.5 Å². The summed E-state index contributed by atoms with van der Waals surface area (Å²) in [6.07, 6.45) is 1.71. The van der Waals surface area contributed by atoms with E-state index in [9.17, 15) is 14.7 Å². The van der Waals surface area contributed by atoms with E-state index in [1.54, 1.807) is 30.5 Å². The average Bonchev–Trinajstić information content (AvgIpc) is 3.23. The van der Waals surface area contributed by atoms with Gasteiger partial charge in [0.15, 0.2) is 0 Å². The van der Waals surface area contributed by atoms with Crippen LogP contribution in [0.15, 0.2) is 85.1 Å². The molecule has 5 aromatic rings. The molecule has 0 aliphatic rings. The predicted octanol–water partition coefficient (Wildman–Crippen LogP) is 6.11. The van der Waals surface area contributed by atoms with Crippen molar-refractivity contribution in [1.82, 2.24) is 14.8 Å². The van der Waals surface area contributed by atoms with E-state index in [2.05, 4.69) is 10.1 Å². The molecule has 0 saturated carbocycles. The number of benzene rings is 3. The zero-order valence-electron chi connectivity index (χ0n) is 18.1. The zero-order chi connectivity index (χ0) is 23.8. The number of carboxylic acids is 1. The average molecular weight is 468 g/mol. The number of hydrogen-bond donors (Lipinski definition) is 1. The van der Waals surface area contributed by atoms with Crippen molar-refractivity contribution in [2.45, 2.75) is 6.92 Å². The number of fused-ring (bicyclic) bond motifs is 1. The van der Waals surface area contributed by atoms with Crippen LogP contribution in [0.2, 0.25) is 5.02 Å². The van der Waals surface area contributed by atoms with E-state index < -0.39 is 5.97 Å². The molecule has 0 amide bonds. The fraction of sp³-hybridized carbons (Fsp3) is 0.0370. The van der Waals surface area contributed by atoms with Crippen LogP contribution in [-0.2, 0) is 0 Å². The Bertz CT molecular complexity index is 1540. The summed E-state index contributed by atoms with van der Waals surface area (Å²) in [4.78, 5) is 29.3. The zero-order valence-corrected chi connectivity index (χ0v) is 18.8. The highest BCUT2D eigenvalue weighted by molar-refractivity contribution is 6.34. The van der Waals surface area contributed by atoms with Gasteiger partial charge in [0.1, 0.15) is 5.69 Å². The number of aromatic nitrogens is 3. The number of hydrogen-bond acceptors (Lipinski definition) is 4. The van der Waals surface area contributed by atoms with Gasteiger partial charge in [-0.05, 0) is 55.0 Å². The van der Waals surface area contributed by atoms with Crippen molar-refractivity contribution in [2.75, 3.05) is 0 Å². The largest absolute Gasteiger partial charge is 0.478 e. The van der Waals surface area contributed by atoms with Crippen LogP contribution >= 0.6 is 11.6 Å². The van der Waals surface area contributed by atoms with Gasteiger partial charge in [-0.25, -0.2) is 4.79 Å². The van der Waals surface area contributed by atoms with Gasteiger partial charge in [-0.1, -0.05) is 48.0 Å². The summed E-state index contributed by atoms with van der Waals surface area (Å²) < 4.78 is 1.36. The molecular weight excluding hydrogens is 450 g/mol. The molecule has 0 atom stereocenters. The lowest BCUT2D eigenvalue weighted by Gasteiger charge is -2.08. The standard InChI is InChI=1S/C27H18ClN3O3/c1-16-5-4-6-21(28)24(16)26(32)31-23-15-19(22-7-2-3-14-29-22)12-13-20(23)25(30-31)17-8-10-18(11-9-17)27(33)34/h2-15H,1H3,(H,33,34). The van der Waals surface area contributed by atoms with E-state index in [0.717, 1.165) is 22.2 Å². The molecule has 2 heterocycles. The Balaban J connectivity index is 1.74. The lowest BCUT2D eigenvalue weighted by molar-refractivity contribution is 0.0696. The lowest BCUT2D eigenvalue weighted by Crippen LogP contribution is -2.15. The van der Waals surface area contributed by atoms with Crippen molar-refractivity contribution in [3.63, 3.8) is 0 Å². The number of rotatable bonds is 4. The Kier molecular flexibility index (Phi) is 5.43.